The number of anilines is 3. The van der Waals surface area contributed by atoms with Crippen LogP contribution in [0.3, 0.4) is 0 Å². The Morgan fingerprint density at radius 2 is 1.69 bits per heavy atom. The standard InChI is InChI=1S/C28H35F4N3O4/c1-17(2)16-35(20-7-5-4-6-8-20)25-15-23(29)22(18(3)13-26(36)37)14-24(25)34-27(38)33-19-9-11-21(12-10-19)39-28(30,31)32/h9-12,14-15,17-18,20H,4-8,13,16H2,1-3H3,(H,36,37)(H2,33,34,38). The van der Waals surface area contributed by atoms with E-state index in [1.165, 1.54) is 24.3 Å². The lowest BCUT2D eigenvalue weighted by molar-refractivity contribution is -0.274. The summed E-state index contributed by atoms with van der Waals surface area (Å²) in [5.74, 6) is -2.44. The zero-order chi connectivity index (χ0) is 28.7. The second-order valence-corrected chi connectivity index (χ2v) is 10.4. The molecule has 1 unspecified atom stereocenters. The number of nitrogens with zero attached hydrogens (tertiary/aromatic N) is 1. The second kappa shape index (κ2) is 13.0. The average Bonchev–Trinajstić information content (AvgIpc) is 2.83. The van der Waals surface area contributed by atoms with Crippen molar-refractivity contribution in [2.24, 2.45) is 5.92 Å². The largest absolute Gasteiger partial charge is 0.573 e. The molecule has 3 N–H and O–H groups in total. The molecule has 0 saturated heterocycles. The van der Waals surface area contributed by atoms with Gasteiger partial charge in [0.1, 0.15) is 11.6 Å². The Hall–Kier alpha value is -3.50. The molecule has 0 spiro atoms. The maximum Gasteiger partial charge on any atom is 0.573 e. The lowest BCUT2D eigenvalue weighted by Crippen LogP contribution is -2.40. The van der Waals surface area contributed by atoms with Gasteiger partial charge in [0, 0.05) is 18.3 Å². The van der Waals surface area contributed by atoms with Crippen LogP contribution in [0.2, 0.25) is 0 Å². The van der Waals surface area contributed by atoms with Crippen molar-refractivity contribution in [2.75, 3.05) is 22.1 Å². The van der Waals surface area contributed by atoms with Crippen molar-refractivity contribution in [3.8, 4) is 5.75 Å². The summed E-state index contributed by atoms with van der Waals surface area (Å²) >= 11 is 0. The lowest BCUT2D eigenvalue weighted by atomic mass is 9.91. The Balaban J connectivity index is 1.93. The van der Waals surface area contributed by atoms with Gasteiger partial charge in [0.2, 0.25) is 0 Å². The molecule has 1 atom stereocenters. The third-order valence-corrected chi connectivity index (χ3v) is 6.61. The maximum atomic E-state index is 15.4. The monoisotopic (exact) mass is 553 g/mol. The topological polar surface area (TPSA) is 90.9 Å². The van der Waals surface area contributed by atoms with Gasteiger partial charge in [-0.1, -0.05) is 40.0 Å². The zero-order valence-corrected chi connectivity index (χ0v) is 22.3. The van der Waals surface area contributed by atoms with Crippen molar-refractivity contribution < 1.29 is 37.0 Å². The van der Waals surface area contributed by atoms with Crippen LogP contribution >= 0.6 is 0 Å². The van der Waals surface area contributed by atoms with Crippen molar-refractivity contribution in [1.29, 1.82) is 0 Å². The molecule has 0 aliphatic heterocycles. The molecule has 7 nitrogen and oxygen atoms in total. The predicted octanol–water partition coefficient (Wildman–Crippen LogP) is 7.74. The van der Waals surface area contributed by atoms with Gasteiger partial charge in [-0.15, -0.1) is 13.2 Å². The summed E-state index contributed by atoms with van der Waals surface area (Å²) in [5.41, 5.74) is 1.21. The van der Waals surface area contributed by atoms with Gasteiger partial charge in [0.25, 0.3) is 0 Å². The number of aliphatic carboxylic acids is 1. The highest BCUT2D eigenvalue weighted by molar-refractivity contribution is 6.02. The van der Waals surface area contributed by atoms with Gasteiger partial charge in [0.05, 0.1) is 17.8 Å². The van der Waals surface area contributed by atoms with E-state index in [4.69, 9.17) is 0 Å². The molecule has 3 rings (SSSR count). The molecule has 0 aromatic heterocycles. The van der Waals surface area contributed by atoms with Gasteiger partial charge < -0.3 is 25.4 Å². The first-order valence-corrected chi connectivity index (χ1v) is 13.1. The molecule has 11 heteroatoms. The summed E-state index contributed by atoms with van der Waals surface area (Å²) < 4.78 is 56.5. The minimum atomic E-state index is -4.83. The quantitative estimate of drug-likeness (QED) is 0.262. The van der Waals surface area contributed by atoms with Crippen molar-refractivity contribution >= 4 is 29.1 Å². The molecule has 1 aliphatic rings. The first-order valence-electron chi connectivity index (χ1n) is 13.1. The molecule has 2 amide bonds. The summed E-state index contributed by atoms with van der Waals surface area (Å²) in [7, 11) is 0. The average molecular weight is 554 g/mol. The van der Waals surface area contributed by atoms with E-state index >= 15 is 4.39 Å². The van der Waals surface area contributed by atoms with E-state index in [1.807, 2.05) is 0 Å². The number of amides is 2. The number of hydrogen-bond acceptors (Lipinski definition) is 4. The van der Waals surface area contributed by atoms with Crippen LogP contribution < -0.4 is 20.3 Å². The second-order valence-electron chi connectivity index (χ2n) is 10.4. The molecule has 2 aromatic carbocycles. The number of alkyl halides is 3. The van der Waals surface area contributed by atoms with Crippen LogP contribution in [-0.2, 0) is 4.79 Å². The van der Waals surface area contributed by atoms with Crippen LogP contribution in [0.25, 0.3) is 0 Å². The normalized spacial score (nSPS) is 15.1. The van der Waals surface area contributed by atoms with E-state index in [1.54, 1.807) is 6.92 Å². The predicted molar refractivity (Wildman–Crippen MR) is 142 cm³/mol. The van der Waals surface area contributed by atoms with E-state index in [2.05, 4.69) is 34.1 Å². The summed E-state index contributed by atoms with van der Waals surface area (Å²) in [5, 5.41) is 14.6. The fourth-order valence-corrected chi connectivity index (χ4v) is 4.92. The highest BCUT2D eigenvalue weighted by Gasteiger charge is 2.31. The molecule has 0 bridgehead atoms. The minimum Gasteiger partial charge on any atom is -0.481 e. The Kier molecular flexibility index (Phi) is 10.0. The van der Waals surface area contributed by atoms with Crippen LogP contribution in [0.1, 0.15) is 70.8 Å². The van der Waals surface area contributed by atoms with E-state index < -0.39 is 35.8 Å². The van der Waals surface area contributed by atoms with E-state index in [0.717, 1.165) is 44.2 Å². The van der Waals surface area contributed by atoms with Gasteiger partial charge in [-0.25, -0.2) is 9.18 Å². The van der Waals surface area contributed by atoms with E-state index in [0.29, 0.717) is 17.9 Å². The fraction of sp³-hybridized carbons (Fsp3) is 0.500. The molecule has 39 heavy (non-hydrogen) atoms. The summed E-state index contributed by atoms with van der Waals surface area (Å²) in [4.78, 5) is 26.4. The van der Waals surface area contributed by atoms with Crippen LogP contribution in [0.15, 0.2) is 36.4 Å². The number of ether oxygens (including phenoxy) is 1. The first kappa shape index (κ1) is 30.0. The number of carbonyl (C=O) groups excluding carboxylic acids is 1. The van der Waals surface area contributed by atoms with Crippen molar-refractivity contribution in [3.63, 3.8) is 0 Å². The molecule has 1 fully saturated rings. The Bertz CT molecular complexity index is 1130. The third kappa shape index (κ3) is 9.04. The number of carboxylic acids is 1. The number of carbonyl (C=O) groups is 2. The number of benzene rings is 2. The van der Waals surface area contributed by atoms with E-state index in [9.17, 15) is 27.9 Å². The highest BCUT2D eigenvalue weighted by atomic mass is 19.4. The summed E-state index contributed by atoms with van der Waals surface area (Å²) in [6, 6.07) is 7.00. The number of rotatable bonds is 10. The SMILES string of the molecule is CC(C)CN(c1cc(F)c(C(C)CC(=O)O)cc1NC(=O)Nc1ccc(OC(F)(F)F)cc1)C1CCCCC1. The smallest absolute Gasteiger partial charge is 0.481 e. The summed E-state index contributed by atoms with van der Waals surface area (Å²) in [6.45, 7) is 6.35. The van der Waals surface area contributed by atoms with Gasteiger partial charge in [-0.3, -0.25) is 4.79 Å². The van der Waals surface area contributed by atoms with Crippen LogP contribution in [0.4, 0.5) is 39.4 Å². The van der Waals surface area contributed by atoms with Crippen molar-refractivity contribution in [1.82, 2.24) is 0 Å². The van der Waals surface area contributed by atoms with Crippen LogP contribution in [0, 0.1) is 11.7 Å². The number of halogens is 4. The van der Waals surface area contributed by atoms with Crippen molar-refractivity contribution in [2.45, 2.75) is 77.6 Å². The maximum absolute atomic E-state index is 15.4. The minimum absolute atomic E-state index is 0.160. The number of hydrogen-bond donors (Lipinski definition) is 3. The van der Waals surface area contributed by atoms with Crippen molar-refractivity contribution in [3.05, 3.63) is 47.8 Å². The van der Waals surface area contributed by atoms with E-state index in [-0.39, 0.29) is 29.6 Å². The molecule has 214 valence electrons. The van der Waals surface area contributed by atoms with Gasteiger partial charge in [-0.05, 0) is 66.6 Å². The Labute approximate surface area is 225 Å². The molecule has 1 aliphatic carbocycles. The first-order chi connectivity index (χ1) is 18.3. The Morgan fingerprint density at radius 1 is 1.05 bits per heavy atom. The number of carboxylic acid groups (broad SMARTS) is 1. The summed E-state index contributed by atoms with van der Waals surface area (Å²) in [6.07, 6.45) is -0.0214. The fourth-order valence-electron chi connectivity index (χ4n) is 4.92. The third-order valence-electron chi connectivity index (χ3n) is 6.61. The molecule has 0 heterocycles. The van der Waals surface area contributed by atoms with Crippen LogP contribution in [0.5, 0.6) is 5.75 Å². The lowest BCUT2D eigenvalue weighted by Gasteiger charge is -2.38. The molecule has 1 saturated carbocycles. The molecular formula is C28H35F4N3O4. The van der Waals surface area contributed by atoms with Gasteiger partial charge in [-0.2, -0.15) is 0 Å². The number of urea groups is 1. The highest BCUT2D eigenvalue weighted by Crippen LogP contribution is 2.37. The zero-order valence-electron chi connectivity index (χ0n) is 22.3. The Morgan fingerprint density at radius 3 is 2.26 bits per heavy atom. The molecule has 0 radical (unpaired) electrons. The van der Waals surface area contributed by atoms with Gasteiger partial charge in [0.15, 0.2) is 0 Å². The number of nitrogens with one attached hydrogen (secondary N) is 2. The molecular weight excluding hydrogens is 518 g/mol. The van der Waals surface area contributed by atoms with Crippen LogP contribution in [-0.4, -0.2) is 36.1 Å². The molecule has 2 aromatic rings. The van der Waals surface area contributed by atoms with Gasteiger partial charge >= 0.3 is 18.4 Å².